The van der Waals surface area contributed by atoms with Crippen molar-refractivity contribution in [3.05, 3.63) is 59.2 Å². The molecule has 0 atom stereocenters. The number of aliphatic hydroxyl groups is 1. The zero-order valence-electron chi connectivity index (χ0n) is 13.0. The van der Waals surface area contributed by atoms with Crippen LogP contribution in [0.3, 0.4) is 0 Å². The van der Waals surface area contributed by atoms with Gasteiger partial charge in [-0.25, -0.2) is 0 Å². The molecule has 2 aromatic rings. The Morgan fingerprint density at radius 2 is 1.73 bits per heavy atom. The number of carbonyl (C=O) groups excluding carboxylic acids is 1. The largest absolute Gasteiger partial charge is 0.390 e. The van der Waals surface area contributed by atoms with Gasteiger partial charge < -0.3 is 10.4 Å². The molecule has 114 valence electrons. The monoisotopic (exact) mass is 295 g/mol. The van der Waals surface area contributed by atoms with E-state index in [0.29, 0.717) is 13.0 Å². The SMILES string of the molecule is CC(C)(O)Cc1ccccc1-c1cccc2c1CCNC2=O. The van der Waals surface area contributed by atoms with E-state index in [4.69, 9.17) is 0 Å². The van der Waals surface area contributed by atoms with E-state index in [1.54, 1.807) is 0 Å². The van der Waals surface area contributed by atoms with Gasteiger partial charge in [-0.2, -0.15) is 0 Å². The van der Waals surface area contributed by atoms with E-state index in [0.717, 1.165) is 34.2 Å². The van der Waals surface area contributed by atoms with Crippen LogP contribution < -0.4 is 5.32 Å². The van der Waals surface area contributed by atoms with Gasteiger partial charge in [-0.3, -0.25) is 4.79 Å². The molecule has 22 heavy (non-hydrogen) atoms. The van der Waals surface area contributed by atoms with Crippen LogP contribution in [0, 0.1) is 0 Å². The van der Waals surface area contributed by atoms with E-state index in [-0.39, 0.29) is 5.91 Å². The first kappa shape index (κ1) is 14.8. The molecule has 2 aromatic carbocycles. The number of benzene rings is 2. The summed E-state index contributed by atoms with van der Waals surface area (Å²) in [6, 6.07) is 14.0. The smallest absolute Gasteiger partial charge is 0.251 e. The summed E-state index contributed by atoms with van der Waals surface area (Å²) < 4.78 is 0. The summed E-state index contributed by atoms with van der Waals surface area (Å²) >= 11 is 0. The molecule has 0 saturated heterocycles. The van der Waals surface area contributed by atoms with Crippen molar-refractivity contribution in [1.82, 2.24) is 5.32 Å². The molecule has 0 radical (unpaired) electrons. The summed E-state index contributed by atoms with van der Waals surface area (Å²) in [6.07, 6.45) is 1.42. The van der Waals surface area contributed by atoms with E-state index >= 15 is 0 Å². The van der Waals surface area contributed by atoms with Crippen molar-refractivity contribution in [2.75, 3.05) is 6.54 Å². The highest BCUT2D eigenvalue weighted by Crippen LogP contribution is 2.32. The average Bonchev–Trinajstić information content (AvgIpc) is 2.46. The number of carbonyl (C=O) groups is 1. The highest BCUT2D eigenvalue weighted by atomic mass is 16.3. The van der Waals surface area contributed by atoms with Crippen molar-refractivity contribution in [3.63, 3.8) is 0 Å². The molecule has 3 nitrogen and oxygen atoms in total. The number of nitrogens with one attached hydrogen (secondary N) is 1. The minimum atomic E-state index is -0.762. The molecule has 2 N–H and O–H groups in total. The first-order valence-corrected chi connectivity index (χ1v) is 7.66. The molecular weight excluding hydrogens is 274 g/mol. The molecule has 0 aromatic heterocycles. The normalized spacial score (nSPS) is 14.4. The van der Waals surface area contributed by atoms with Crippen molar-refractivity contribution in [1.29, 1.82) is 0 Å². The Kier molecular flexibility index (Phi) is 3.75. The number of fused-ring (bicyclic) bond motifs is 1. The number of rotatable bonds is 3. The van der Waals surface area contributed by atoms with Crippen LogP contribution in [-0.4, -0.2) is 23.2 Å². The van der Waals surface area contributed by atoms with Gasteiger partial charge in [-0.15, -0.1) is 0 Å². The molecule has 1 amide bonds. The van der Waals surface area contributed by atoms with Gasteiger partial charge in [-0.05, 0) is 48.6 Å². The number of amides is 1. The van der Waals surface area contributed by atoms with Gasteiger partial charge in [0.25, 0.3) is 5.91 Å². The van der Waals surface area contributed by atoms with Gasteiger partial charge in [0.15, 0.2) is 0 Å². The third-order valence-corrected chi connectivity index (χ3v) is 4.01. The van der Waals surface area contributed by atoms with E-state index < -0.39 is 5.60 Å². The minimum Gasteiger partial charge on any atom is -0.390 e. The quantitative estimate of drug-likeness (QED) is 0.914. The molecule has 1 heterocycles. The van der Waals surface area contributed by atoms with Crippen LogP contribution in [0.4, 0.5) is 0 Å². The minimum absolute atomic E-state index is 0.00284. The lowest BCUT2D eigenvalue weighted by molar-refractivity contribution is 0.0810. The van der Waals surface area contributed by atoms with Crippen molar-refractivity contribution >= 4 is 5.91 Å². The Balaban J connectivity index is 2.13. The van der Waals surface area contributed by atoms with Gasteiger partial charge in [-0.1, -0.05) is 36.4 Å². The van der Waals surface area contributed by atoms with Crippen molar-refractivity contribution in [2.24, 2.45) is 0 Å². The molecule has 3 rings (SSSR count). The molecule has 0 aliphatic carbocycles. The maximum absolute atomic E-state index is 12.0. The molecule has 1 aliphatic rings. The molecule has 0 fully saturated rings. The second-order valence-electron chi connectivity index (χ2n) is 6.48. The van der Waals surface area contributed by atoms with E-state index in [2.05, 4.69) is 23.5 Å². The highest BCUT2D eigenvalue weighted by Gasteiger charge is 2.22. The van der Waals surface area contributed by atoms with E-state index in [9.17, 15) is 9.90 Å². The number of hydrogen-bond donors (Lipinski definition) is 2. The van der Waals surface area contributed by atoms with Gasteiger partial charge in [0.05, 0.1) is 5.60 Å². The van der Waals surface area contributed by atoms with Gasteiger partial charge in [0.2, 0.25) is 0 Å². The third kappa shape index (κ3) is 2.90. The molecular formula is C19H21NO2. The van der Waals surface area contributed by atoms with Crippen LogP contribution in [0.1, 0.15) is 35.3 Å². The van der Waals surface area contributed by atoms with Crippen LogP contribution in [0.2, 0.25) is 0 Å². The summed E-state index contributed by atoms with van der Waals surface area (Å²) in [5.74, 6) is 0.00284. The lowest BCUT2D eigenvalue weighted by Gasteiger charge is -2.23. The fourth-order valence-corrected chi connectivity index (χ4v) is 3.12. The molecule has 0 saturated carbocycles. The summed E-state index contributed by atoms with van der Waals surface area (Å²) in [4.78, 5) is 12.0. The Labute approximate surface area is 131 Å². The van der Waals surface area contributed by atoms with Gasteiger partial charge >= 0.3 is 0 Å². The summed E-state index contributed by atoms with van der Waals surface area (Å²) in [6.45, 7) is 4.31. The van der Waals surface area contributed by atoms with Crippen molar-refractivity contribution in [2.45, 2.75) is 32.3 Å². The van der Waals surface area contributed by atoms with E-state index in [1.165, 1.54) is 0 Å². The number of hydrogen-bond acceptors (Lipinski definition) is 2. The summed E-state index contributed by atoms with van der Waals surface area (Å²) in [5.41, 5.74) is 4.43. The molecule has 0 bridgehead atoms. The summed E-state index contributed by atoms with van der Waals surface area (Å²) in [5, 5.41) is 13.0. The fourth-order valence-electron chi connectivity index (χ4n) is 3.12. The van der Waals surface area contributed by atoms with Gasteiger partial charge in [0.1, 0.15) is 0 Å². The Hall–Kier alpha value is -2.13. The van der Waals surface area contributed by atoms with Crippen LogP contribution in [0.15, 0.2) is 42.5 Å². The third-order valence-electron chi connectivity index (χ3n) is 4.01. The van der Waals surface area contributed by atoms with Crippen molar-refractivity contribution in [3.8, 4) is 11.1 Å². The predicted octanol–water partition coefficient (Wildman–Crippen LogP) is 2.95. The van der Waals surface area contributed by atoms with Crippen LogP contribution >= 0.6 is 0 Å². The lowest BCUT2D eigenvalue weighted by Crippen LogP contribution is -2.32. The fraction of sp³-hybridized carbons (Fsp3) is 0.316. The second kappa shape index (κ2) is 5.58. The maximum atomic E-state index is 12.0. The van der Waals surface area contributed by atoms with Crippen LogP contribution in [0.25, 0.3) is 11.1 Å². The molecule has 0 unspecified atom stereocenters. The standard InChI is InChI=1S/C19H21NO2/c1-19(2,22)12-13-6-3-4-7-14(13)15-8-5-9-17-16(15)10-11-20-18(17)21/h3-9,22H,10-12H2,1-2H3,(H,20,21). The highest BCUT2D eigenvalue weighted by molar-refractivity contribution is 5.98. The Bertz CT molecular complexity index is 714. The Morgan fingerprint density at radius 1 is 1.05 bits per heavy atom. The Morgan fingerprint density at radius 3 is 2.50 bits per heavy atom. The summed E-state index contributed by atoms with van der Waals surface area (Å²) in [7, 11) is 0. The first-order valence-electron chi connectivity index (χ1n) is 7.66. The van der Waals surface area contributed by atoms with E-state index in [1.807, 2.05) is 38.1 Å². The van der Waals surface area contributed by atoms with Crippen molar-refractivity contribution < 1.29 is 9.90 Å². The molecule has 0 spiro atoms. The average molecular weight is 295 g/mol. The predicted molar refractivity (Wildman–Crippen MR) is 87.9 cm³/mol. The first-order chi connectivity index (χ1) is 10.5. The maximum Gasteiger partial charge on any atom is 0.251 e. The van der Waals surface area contributed by atoms with Crippen LogP contribution in [0.5, 0.6) is 0 Å². The molecule has 3 heteroatoms. The lowest BCUT2D eigenvalue weighted by atomic mass is 9.86. The zero-order chi connectivity index (χ0) is 15.7. The van der Waals surface area contributed by atoms with Gasteiger partial charge in [0, 0.05) is 18.5 Å². The van der Waals surface area contributed by atoms with Crippen LogP contribution in [-0.2, 0) is 12.8 Å². The molecule has 1 aliphatic heterocycles. The second-order valence-corrected chi connectivity index (χ2v) is 6.48. The topological polar surface area (TPSA) is 49.3 Å². The zero-order valence-corrected chi connectivity index (χ0v) is 13.0.